The van der Waals surface area contributed by atoms with Crippen LogP contribution >= 0.6 is 0 Å². The standard InChI is InChI=1S/C14H18O2/c1-11(14-5-3-4-10-16-14)12-6-8-13(15-2)9-7-12/h6-9,14H,1,3-5,10H2,2H3. The second-order valence-electron chi connectivity index (χ2n) is 4.11. The average molecular weight is 218 g/mol. The number of rotatable bonds is 3. The van der Waals surface area contributed by atoms with Crippen molar-refractivity contribution in [3.05, 3.63) is 36.4 Å². The second-order valence-corrected chi connectivity index (χ2v) is 4.11. The van der Waals surface area contributed by atoms with E-state index in [-0.39, 0.29) is 6.10 Å². The van der Waals surface area contributed by atoms with Gasteiger partial charge in [-0.2, -0.15) is 0 Å². The lowest BCUT2D eigenvalue weighted by Gasteiger charge is -2.24. The lowest BCUT2D eigenvalue weighted by Crippen LogP contribution is -2.19. The molecule has 2 heteroatoms. The van der Waals surface area contributed by atoms with Crippen molar-refractivity contribution < 1.29 is 9.47 Å². The maximum atomic E-state index is 5.72. The molecule has 1 atom stereocenters. The Morgan fingerprint density at radius 3 is 2.62 bits per heavy atom. The van der Waals surface area contributed by atoms with Crippen LogP contribution in [0.1, 0.15) is 24.8 Å². The van der Waals surface area contributed by atoms with Crippen LogP contribution in [0, 0.1) is 0 Å². The van der Waals surface area contributed by atoms with E-state index < -0.39 is 0 Å². The number of hydrogen-bond donors (Lipinski definition) is 0. The fraction of sp³-hybridized carbons (Fsp3) is 0.429. The van der Waals surface area contributed by atoms with Gasteiger partial charge in [0, 0.05) is 6.61 Å². The number of hydrogen-bond acceptors (Lipinski definition) is 2. The lowest BCUT2D eigenvalue weighted by atomic mass is 9.96. The monoisotopic (exact) mass is 218 g/mol. The van der Waals surface area contributed by atoms with Gasteiger partial charge >= 0.3 is 0 Å². The molecule has 2 rings (SSSR count). The summed E-state index contributed by atoms with van der Waals surface area (Å²) in [6.45, 7) is 5.00. The summed E-state index contributed by atoms with van der Waals surface area (Å²) in [5.74, 6) is 0.876. The van der Waals surface area contributed by atoms with Crippen LogP contribution in [0.3, 0.4) is 0 Å². The molecule has 0 bridgehead atoms. The summed E-state index contributed by atoms with van der Waals surface area (Å²) in [6, 6.07) is 8.00. The highest BCUT2D eigenvalue weighted by atomic mass is 16.5. The maximum Gasteiger partial charge on any atom is 0.118 e. The fourth-order valence-corrected chi connectivity index (χ4v) is 2.01. The molecule has 0 radical (unpaired) electrons. The first kappa shape index (κ1) is 11.2. The Labute approximate surface area is 96.9 Å². The Bertz CT molecular complexity index is 348. The van der Waals surface area contributed by atoms with Crippen molar-refractivity contribution in [1.82, 2.24) is 0 Å². The van der Waals surface area contributed by atoms with Gasteiger partial charge in [-0.25, -0.2) is 0 Å². The predicted molar refractivity (Wildman–Crippen MR) is 65.6 cm³/mol. The maximum absolute atomic E-state index is 5.72. The molecule has 1 saturated heterocycles. The fourth-order valence-electron chi connectivity index (χ4n) is 2.01. The van der Waals surface area contributed by atoms with E-state index in [1.807, 2.05) is 24.3 Å². The van der Waals surface area contributed by atoms with Crippen molar-refractivity contribution in [2.24, 2.45) is 0 Å². The molecule has 0 N–H and O–H groups in total. The minimum absolute atomic E-state index is 0.196. The summed E-state index contributed by atoms with van der Waals surface area (Å²) in [6.07, 6.45) is 3.69. The Morgan fingerprint density at radius 1 is 1.31 bits per heavy atom. The molecule has 0 amide bonds. The van der Waals surface area contributed by atoms with Crippen LogP contribution in [0.25, 0.3) is 5.57 Å². The van der Waals surface area contributed by atoms with E-state index in [1.54, 1.807) is 7.11 Å². The summed E-state index contributed by atoms with van der Waals surface area (Å²) in [5.41, 5.74) is 2.23. The molecule has 0 aromatic heterocycles. The molecule has 0 aliphatic carbocycles. The van der Waals surface area contributed by atoms with Crippen molar-refractivity contribution in [3.8, 4) is 5.75 Å². The summed E-state index contributed by atoms with van der Waals surface area (Å²) in [4.78, 5) is 0. The van der Waals surface area contributed by atoms with Gasteiger partial charge in [0.15, 0.2) is 0 Å². The third-order valence-corrected chi connectivity index (χ3v) is 3.03. The van der Waals surface area contributed by atoms with Crippen molar-refractivity contribution >= 4 is 5.57 Å². The van der Waals surface area contributed by atoms with Gasteiger partial charge in [0.2, 0.25) is 0 Å². The SMILES string of the molecule is C=C(c1ccc(OC)cc1)C1CCCCO1. The quantitative estimate of drug-likeness (QED) is 0.775. The predicted octanol–water partition coefficient (Wildman–Crippen LogP) is 3.28. The van der Waals surface area contributed by atoms with E-state index in [0.29, 0.717) is 0 Å². The van der Waals surface area contributed by atoms with Gasteiger partial charge in [-0.3, -0.25) is 0 Å². The summed E-state index contributed by atoms with van der Waals surface area (Å²) in [7, 11) is 1.67. The highest BCUT2D eigenvalue weighted by Gasteiger charge is 2.17. The molecule has 1 aliphatic heterocycles. The van der Waals surface area contributed by atoms with Crippen LogP contribution < -0.4 is 4.74 Å². The van der Waals surface area contributed by atoms with Crippen LogP contribution in [0.5, 0.6) is 5.75 Å². The number of methoxy groups -OCH3 is 1. The minimum atomic E-state index is 0.196. The molecule has 2 nitrogen and oxygen atoms in total. The van der Waals surface area contributed by atoms with Crippen molar-refractivity contribution in [3.63, 3.8) is 0 Å². The Balaban J connectivity index is 2.07. The molecule has 1 aromatic rings. The normalized spacial score (nSPS) is 20.4. The molecule has 16 heavy (non-hydrogen) atoms. The van der Waals surface area contributed by atoms with Gasteiger partial charge in [0.05, 0.1) is 13.2 Å². The highest BCUT2D eigenvalue weighted by molar-refractivity contribution is 5.67. The van der Waals surface area contributed by atoms with Crippen LogP contribution in [-0.2, 0) is 4.74 Å². The average Bonchev–Trinajstić information content (AvgIpc) is 2.39. The minimum Gasteiger partial charge on any atom is -0.497 e. The highest BCUT2D eigenvalue weighted by Crippen LogP contribution is 2.27. The lowest BCUT2D eigenvalue weighted by molar-refractivity contribution is 0.0530. The van der Waals surface area contributed by atoms with Gasteiger partial charge in [-0.1, -0.05) is 18.7 Å². The first-order chi connectivity index (χ1) is 7.81. The van der Waals surface area contributed by atoms with E-state index in [4.69, 9.17) is 9.47 Å². The Hall–Kier alpha value is -1.28. The van der Waals surface area contributed by atoms with Crippen molar-refractivity contribution in [1.29, 1.82) is 0 Å². The van der Waals surface area contributed by atoms with Crippen LogP contribution in [-0.4, -0.2) is 19.8 Å². The third kappa shape index (κ3) is 2.45. The molecule has 86 valence electrons. The second kappa shape index (κ2) is 5.17. The van der Waals surface area contributed by atoms with E-state index in [0.717, 1.165) is 29.9 Å². The summed E-state index contributed by atoms with van der Waals surface area (Å²) < 4.78 is 10.9. The molecule has 1 aliphatic rings. The summed E-state index contributed by atoms with van der Waals surface area (Å²) in [5, 5.41) is 0. The zero-order chi connectivity index (χ0) is 11.4. The molecule has 0 saturated carbocycles. The molecule has 1 aromatic carbocycles. The smallest absolute Gasteiger partial charge is 0.118 e. The summed E-state index contributed by atoms with van der Waals surface area (Å²) >= 11 is 0. The zero-order valence-electron chi connectivity index (χ0n) is 9.74. The van der Waals surface area contributed by atoms with E-state index >= 15 is 0 Å². The topological polar surface area (TPSA) is 18.5 Å². The Kier molecular flexibility index (Phi) is 3.62. The first-order valence-electron chi connectivity index (χ1n) is 5.76. The zero-order valence-corrected chi connectivity index (χ0v) is 9.74. The Morgan fingerprint density at radius 2 is 2.06 bits per heavy atom. The largest absolute Gasteiger partial charge is 0.497 e. The molecular weight excluding hydrogens is 200 g/mol. The van der Waals surface area contributed by atoms with Crippen LogP contribution in [0.2, 0.25) is 0 Å². The van der Waals surface area contributed by atoms with Gasteiger partial charge < -0.3 is 9.47 Å². The van der Waals surface area contributed by atoms with E-state index in [2.05, 4.69) is 6.58 Å². The molecule has 0 spiro atoms. The third-order valence-electron chi connectivity index (χ3n) is 3.03. The number of benzene rings is 1. The van der Waals surface area contributed by atoms with Gasteiger partial charge in [-0.05, 0) is 42.5 Å². The molecule has 1 fully saturated rings. The van der Waals surface area contributed by atoms with Gasteiger partial charge in [-0.15, -0.1) is 0 Å². The van der Waals surface area contributed by atoms with Crippen LogP contribution in [0.4, 0.5) is 0 Å². The van der Waals surface area contributed by atoms with Gasteiger partial charge in [0.25, 0.3) is 0 Å². The molecular formula is C14H18O2. The number of ether oxygens (including phenoxy) is 2. The van der Waals surface area contributed by atoms with Crippen molar-refractivity contribution in [2.45, 2.75) is 25.4 Å². The van der Waals surface area contributed by atoms with Gasteiger partial charge in [0.1, 0.15) is 5.75 Å². The first-order valence-corrected chi connectivity index (χ1v) is 5.76. The van der Waals surface area contributed by atoms with Crippen LogP contribution in [0.15, 0.2) is 30.8 Å². The van der Waals surface area contributed by atoms with E-state index in [9.17, 15) is 0 Å². The van der Waals surface area contributed by atoms with E-state index in [1.165, 1.54) is 12.8 Å². The van der Waals surface area contributed by atoms with Crippen molar-refractivity contribution in [2.75, 3.05) is 13.7 Å². The molecule has 1 heterocycles. The molecule has 1 unspecified atom stereocenters.